The van der Waals surface area contributed by atoms with Crippen LogP contribution >= 0.6 is 0 Å². The molecule has 1 aliphatic heterocycles. The van der Waals surface area contributed by atoms with Crippen molar-refractivity contribution in [1.82, 2.24) is 9.88 Å². The van der Waals surface area contributed by atoms with Crippen molar-refractivity contribution in [3.8, 4) is 0 Å². The molecule has 1 aliphatic rings. The second kappa shape index (κ2) is 8.86. The van der Waals surface area contributed by atoms with Gasteiger partial charge in [0, 0.05) is 49.3 Å². The van der Waals surface area contributed by atoms with Crippen LogP contribution in [0.4, 0.5) is 17.2 Å². The molecule has 0 saturated carbocycles. The zero-order valence-corrected chi connectivity index (χ0v) is 16.4. The minimum atomic E-state index is 0.0253. The molecule has 0 spiro atoms. The smallest absolute Gasteiger partial charge is 0.254 e. The molecule has 0 radical (unpaired) electrons. The van der Waals surface area contributed by atoms with Gasteiger partial charge in [0.15, 0.2) is 0 Å². The maximum atomic E-state index is 12.7. The van der Waals surface area contributed by atoms with Crippen molar-refractivity contribution in [1.29, 1.82) is 0 Å². The molecule has 6 nitrogen and oxygen atoms in total. The lowest BCUT2D eigenvalue weighted by atomic mass is 10.1. The first-order valence-electron chi connectivity index (χ1n) is 9.58. The second-order valence-electron chi connectivity index (χ2n) is 6.63. The predicted octanol–water partition coefficient (Wildman–Crippen LogP) is 3.45. The molecule has 144 valence electrons. The summed E-state index contributed by atoms with van der Waals surface area (Å²) in [6.45, 7) is 10.8. The highest BCUT2D eigenvalue weighted by molar-refractivity contribution is 5.95. The van der Waals surface area contributed by atoms with Crippen LogP contribution in [0.3, 0.4) is 0 Å². The van der Waals surface area contributed by atoms with E-state index < -0.39 is 0 Å². The summed E-state index contributed by atoms with van der Waals surface area (Å²) in [4.78, 5) is 21.2. The second-order valence-corrected chi connectivity index (χ2v) is 6.63. The summed E-state index contributed by atoms with van der Waals surface area (Å²) < 4.78 is 5.32. The van der Waals surface area contributed by atoms with Gasteiger partial charge in [0.05, 0.1) is 13.2 Å². The average molecular weight is 368 g/mol. The Bertz CT molecular complexity index is 784. The van der Waals surface area contributed by atoms with E-state index in [1.165, 1.54) is 5.69 Å². The van der Waals surface area contributed by atoms with Gasteiger partial charge in [-0.25, -0.2) is 4.98 Å². The summed E-state index contributed by atoms with van der Waals surface area (Å²) in [5.74, 6) is 0.699. The molecule has 1 saturated heterocycles. The predicted molar refractivity (Wildman–Crippen MR) is 109 cm³/mol. The summed E-state index contributed by atoms with van der Waals surface area (Å²) in [5, 5.41) is 3.35. The van der Waals surface area contributed by atoms with E-state index in [1.54, 1.807) is 12.3 Å². The fourth-order valence-corrected chi connectivity index (χ4v) is 3.29. The van der Waals surface area contributed by atoms with E-state index >= 15 is 0 Å². The van der Waals surface area contributed by atoms with Gasteiger partial charge >= 0.3 is 0 Å². The molecule has 2 heterocycles. The highest BCUT2D eigenvalue weighted by Gasteiger charge is 2.19. The van der Waals surface area contributed by atoms with Gasteiger partial charge in [-0.05, 0) is 56.7 Å². The SMILES string of the molecule is CCN(CC)c1ccc(Nc2cc(C(=O)N3CCOCC3)ccn2)c(C)c1. The number of nitrogens with zero attached hydrogens (tertiary/aromatic N) is 3. The molecule has 6 heteroatoms. The standard InChI is InChI=1S/C21H28N4O2/c1-4-24(5-2)18-6-7-19(16(3)14-18)23-20-15-17(8-9-22-20)21(26)25-10-12-27-13-11-25/h6-9,14-15H,4-5,10-13H2,1-3H3,(H,22,23). The summed E-state index contributed by atoms with van der Waals surface area (Å²) >= 11 is 0. The Morgan fingerprint density at radius 1 is 1.19 bits per heavy atom. The Morgan fingerprint density at radius 3 is 2.59 bits per heavy atom. The summed E-state index contributed by atoms with van der Waals surface area (Å²) in [5.41, 5.74) is 4.00. The van der Waals surface area contributed by atoms with Gasteiger partial charge in [0.25, 0.3) is 5.91 Å². The molecule has 2 aromatic rings. The maximum absolute atomic E-state index is 12.7. The highest BCUT2D eigenvalue weighted by atomic mass is 16.5. The van der Waals surface area contributed by atoms with E-state index in [9.17, 15) is 4.79 Å². The van der Waals surface area contributed by atoms with Gasteiger partial charge in [-0.3, -0.25) is 4.79 Å². The quantitative estimate of drug-likeness (QED) is 0.846. The fourth-order valence-electron chi connectivity index (χ4n) is 3.29. The number of ether oxygens (including phenoxy) is 1. The minimum absolute atomic E-state index is 0.0253. The monoisotopic (exact) mass is 368 g/mol. The minimum Gasteiger partial charge on any atom is -0.378 e. The number of rotatable bonds is 6. The number of carbonyl (C=O) groups is 1. The lowest BCUT2D eigenvalue weighted by molar-refractivity contribution is 0.0303. The Labute approximate surface area is 161 Å². The van der Waals surface area contributed by atoms with Crippen LogP contribution in [0, 0.1) is 6.92 Å². The van der Waals surface area contributed by atoms with Gasteiger partial charge < -0.3 is 19.9 Å². The number of aryl methyl sites for hydroxylation is 1. The number of amides is 1. The van der Waals surface area contributed by atoms with E-state index in [0.29, 0.717) is 37.7 Å². The summed E-state index contributed by atoms with van der Waals surface area (Å²) in [6, 6.07) is 9.94. The van der Waals surface area contributed by atoms with Crippen LogP contribution in [0.2, 0.25) is 0 Å². The van der Waals surface area contributed by atoms with E-state index in [0.717, 1.165) is 24.3 Å². The third-order valence-corrected chi connectivity index (χ3v) is 4.91. The zero-order valence-electron chi connectivity index (χ0n) is 16.4. The van der Waals surface area contributed by atoms with E-state index in [1.807, 2.05) is 11.0 Å². The average Bonchev–Trinajstić information content (AvgIpc) is 2.71. The van der Waals surface area contributed by atoms with Crippen LogP contribution < -0.4 is 10.2 Å². The number of carbonyl (C=O) groups excluding carboxylic acids is 1. The van der Waals surface area contributed by atoms with Crippen LogP contribution in [-0.4, -0.2) is 55.2 Å². The van der Waals surface area contributed by atoms with Crippen LogP contribution in [0.15, 0.2) is 36.5 Å². The molecule has 0 atom stereocenters. The number of hydrogen-bond acceptors (Lipinski definition) is 5. The summed E-state index contributed by atoms with van der Waals surface area (Å²) in [6.07, 6.45) is 1.68. The number of aromatic nitrogens is 1. The molecule has 1 fully saturated rings. The number of pyridine rings is 1. The number of anilines is 3. The van der Waals surface area contributed by atoms with E-state index in [-0.39, 0.29) is 5.91 Å². The molecule has 1 amide bonds. The van der Waals surface area contributed by atoms with Gasteiger partial charge in [0.1, 0.15) is 5.82 Å². The van der Waals surface area contributed by atoms with Crippen molar-refractivity contribution in [2.45, 2.75) is 20.8 Å². The molecule has 1 aromatic carbocycles. The topological polar surface area (TPSA) is 57.7 Å². The lowest BCUT2D eigenvalue weighted by Gasteiger charge is -2.27. The lowest BCUT2D eigenvalue weighted by Crippen LogP contribution is -2.40. The fraction of sp³-hybridized carbons (Fsp3) is 0.429. The number of morpholine rings is 1. The Kier molecular flexibility index (Phi) is 6.29. The Morgan fingerprint density at radius 2 is 1.93 bits per heavy atom. The van der Waals surface area contributed by atoms with Crippen LogP contribution in [0.25, 0.3) is 0 Å². The largest absolute Gasteiger partial charge is 0.378 e. The normalized spacial score (nSPS) is 14.1. The van der Waals surface area contributed by atoms with E-state index in [2.05, 4.69) is 54.2 Å². The van der Waals surface area contributed by atoms with Crippen molar-refractivity contribution in [2.75, 3.05) is 49.6 Å². The molecule has 0 aliphatic carbocycles. The first-order chi connectivity index (χ1) is 13.1. The van der Waals surface area contributed by atoms with Crippen molar-refractivity contribution >= 4 is 23.1 Å². The molecule has 1 N–H and O–H groups in total. The van der Waals surface area contributed by atoms with Gasteiger partial charge in [0.2, 0.25) is 0 Å². The Hall–Kier alpha value is -2.60. The van der Waals surface area contributed by atoms with Gasteiger partial charge in [-0.15, -0.1) is 0 Å². The molecular weight excluding hydrogens is 340 g/mol. The number of hydrogen-bond donors (Lipinski definition) is 1. The highest BCUT2D eigenvalue weighted by Crippen LogP contribution is 2.25. The zero-order chi connectivity index (χ0) is 19.2. The Balaban J connectivity index is 1.75. The van der Waals surface area contributed by atoms with Gasteiger partial charge in [-0.2, -0.15) is 0 Å². The first kappa shape index (κ1) is 19.2. The number of nitrogens with one attached hydrogen (secondary N) is 1. The molecule has 27 heavy (non-hydrogen) atoms. The van der Waals surface area contributed by atoms with Crippen molar-refractivity contribution in [2.24, 2.45) is 0 Å². The van der Waals surface area contributed by atoms with Crippen molar-refractivity contribution in [3.05, 3.63) is 47.7 Å². The molecule has 3 rings (SSSR count). The third kappa shape index (κ3) is 4.57. The molecule has 1 aromatic heterocycles. The van der Waals surface area contributed by atoms with Gasteiger partial charge in [-0.1, -0.05) is 0 Å². The molecule has 0 unspecified atom stereocenters. The van der Waals surface area contributed by atoms with Crippen LogP contribution in [0.1, 0.15) is 29.8 Å². The molecule has 0 bridgehead atoms. The van der Waals surface area contributed by atoms with E-state index in [4.69, 9.17) is 4.74 Å². The third-order valence-electron chi connectivity index (χ3n) is 4.91. The van der Waals surface area contributed by atoms with Crippen LogP contribution in [-0.2, 0) is 4.74 Å². The molecular formula is C21H28N4O2. The summed E-state index contributed by atoms with van der Waals surface area (Å²) in [7, 11) is 0. The van der Waals surface area contributed by atoms with Crippen molar-refractivity contribution in [3.63, 3.8) is 0 Å². The first-order valence-corrected chi connectivity index (χ1v) is 9.58. The van der Waals surface area contributed by atoms with Crippen LogP contribution in [0.5, 0.6) is 0 Å². The van der Waals surface area contributed by atoms with Crippen molar-refractivity contribution < 1.29 is 9.53 Å². The number of benzene rings is 1. The maximum Gasteiger partial charge on any atom is 0.254 e.